The van der Waals surface area contributed by atoms with E-state index in [0.29, 0.717) is 5.56 Å². The number of rotatable bonds is 0. The van der Waals surface area contributed by atoms with Crippen molar-refractivity contribution >= 4 is 0 Å². The molecular formula is C22H31F2N. The lowest BCUT2D eigenvalue weighted by atomic mass is 9.86. The van der Waals surface area contributed by atoms with Crippen LogP contribution in [0.5, 0.6) is 0 Å². The van der Waals surface area contributed by atoms with Gasteiger partial charge in [0.2, 0.25) is 0 Å². The van der Waals surface area contributed by atoms with Gasteiger partial charge in [0.25, 0.3) is 0 Å². The minimum absolute atomic E-state index is 0.0907. The highest BCUT2D eigenvalue weighted by Gasteiger charge is 2.17. The SMILES string of the molecule is Cc1c(F)cc(C(C)(C)C)cc1F.Cc1cnc(C(C)(C)C)cc1C. The Morgan fingerprint density at radius 2 is 1.20 bits per heavy atom. The molecule has 0 bridgehead atoms. The van der Waals surface area contributed by atoms with Gasteiger partial charge in [-0.3, -0.25) is 4.98 Å². The van der Waals surface area contributed by atoms with Gasteiger partial charge in [0, 0.05) is 22.9 Å². The van der Waals surface area contributed by atoms with E-state index in [1.165, 1.54) is 35.9 Å². The molecular weight excluding hydrogens is 316 g/mol. The van der Waals surface area contributed by atoms with Crippen LogP contribution in [0.15, 0.2) is 24.4 Å². The zero-order valence-corrected chi connectivity index (χ0v) is 17.0. The molecule has 2 aromatic rings. The summed E-state index contributed by atoms with van der Waals surface area (Å²) in [7, 11) is 0. The summed E-state index contributed by atoms with van der Waals surface area (Å²) in [6, 6.07) is 4.98. The summed E-state index contributed by atoms with van der Waals surface area (Å²) >= 11 is 0. The van der Waals surface area contributed by atoms with Gasteiger partial charge in [0.15, 0.2) is 0 Å². The molecule has 1 nitrogen and oxygen atoms in total. The first-order valence-electron chi connectivity index (χ1n) is 8.63. The fourth-order valence-corrected chi connectivity index (χ4v) is 2.11. The second-order valence-corrected chi connectivity index (χ2v) is 8.72. The Labute approximate surface area is 151 Å². The topological polar surface area (TPSA) is 12.9 Å². The third-order valence-electron chi connectivity index (χ3n) is 4.29. The number of halogens is 2. The predicted octanol–water partition coefficient (Wildman–Crippen LogP) is 6.57. The van der Waals surface area contributed by atoms with Gasteiger partial charge in [-0.25, -0.2) is 8.78 Å². The molecule has 0 N–H and O–H groups in total. The fraction of sp³-hybridized carbons (Fsp3) is 0.500. The molecule has 3 heteroatoms. The molecule has 0 radical (unpaired) electrons. The largest absolute Gasteiger partial charge is 0.260 e. The number of benzene rings is 1. The highest BCUT2D eigenvalue weighted by Crippen LogP contribution is 2.25. The maximum atomic E-state index is 13.1. The van der Waals surface area contributed by atoms with Crippen LogP contribution in [0.2, 0.25) is 0 Å². The van der Waals surface area contributed by atoms with Gasteiger partial charge in [-0.1, -0.05) is 41.5 Å². The summed E-state index contributed by atoms with van der Waals surface area (Å²) in [6.45, 7) is 18.0. The van der Waals surface area contributed by atoms with Crippen LogP contribution < -0.4 is 0 Å². The van der Waals surface area contributed by atoms with Gasteiger partial charge in [0.1, 0.15) is 11.6 Å². The van der Waals surface area contributed by atoms with Crippen LogP contribution in [0.1, 0.15) is 69.5 Å². The average Bonchev–Trinajstić information content (AvgIpc) is 2.45. The van der Waals surface area contributed by atoms with Crippen LogP contribution in [-0.4, -0.2) is 4.98 Å². The smallest absolute Gasteiger partial charge is 0.129 e. The molecule has 1 heterocycles. The highest BCUT2D eigenvalue weighted by atomic mass is 19.1. The highest BCUT2D eigenvalue weighted by molar-refractivity contribution is 5.29. The van der Waals surface area contributed by atoms with E-state index in [9.17, 15) is 8.78 Å². The third-order valence-corrected chi connectivity index (χ3v) is 4.29. The Hall–Kier alpha value is -1.77. The molecule has 2 rings (SSSR count). The van der Waals surface area contributed by atoms with Crippen molar-refractivity contribution in [1.29, 1.82) is 0 Å². The first kappa shape index (κ1) is 21.3. The van der Waals surface area contributed by atoms with Crippen LogP contribution in [0.4, 0.5) is 8.78 Å². The summed E-state index contributed by atoms with van der Waals surface area (Å²) in [5.74, 6) is -0.935. The second kappa shape index (κ2) is 7.63. The molecule has 0 spiro atoms. The standard InChI is InChI=1S/C11H14F2.C11H17N/c1-7-9(12)5-8(6-10(7)13)11(2,3)4;1-8-6-10(11(3,4)5)12-7-9(8)2/h5-6H,1-4H3;6-7H,1-5H3. The van der Waals surface area contributed by atoms with Crippen molar-refractivity contribution in [1.82, 2.24) is 4.98 Å². The van der Waals surface area contributed by atoms with Crippen molar-refractivity contribution in [3.05, 3.63) is 64.0 Å². The predicted molar refractivity (Wildman–Crippen MR) is 102 cm³/mol. The lowest BCUT2D eigenvalue weighted by molar-refractivity contribution is 0.536. The Morgan fingerprint density at radius 1 is 0.720 bits per heavy atom. The summed E-state index contributed by atoms with van der Waals surface area (Å²) in [5.41, 5.74) is 4.50. The molecule has 0 saturated heterocycles. The average molecular weight is 347 g/mol. The van der Waals surface area contributed by atoms with E-state index >= 15 is 0 Å². The lowest BCUT2D eigenvalue weighted by Crippen LogP contribution is -2.13. The van der Waals surface area contributed by atoms with Crippen LogP contribution in [0.25, 0.3) is 0 Å². The number of pyridine rings is 1. The van der Waals surface area contributed by atoms with Crippen molar-refractivity contribution in [3.8, 4) is 0 Å². The molecule has 0 atom stereocenters. The van der Waals surface area contributed by atoms with Gasteiger partial charge in [-0.05, 0) is 61.1 Å². The van der Waals surface area contributed by atoms with Crippen molar-refractivity contribution in [3.63, 3.8) is 0 Å². The molecule has 25 heavy (non-hydrogen) atoms. The van der Waals surface area contributed by atoms with Gasteiger partial charge in [0.05, 0.1) is 0 Å². The van der Waals surface area contributed by atoms with Crippen LogP contribution in [0.3, 0.4) is 0 Å². The number of hydrogen-bond donors (Lipinski definition) is 0. The number of aromatic nitrogens is 1. The second-order valence-electron chi connectivity index (χ2n) is 8.72. The van der Waals surface area contributed by atoms with E-state index in [1.807, 2.05) is 27.0 Å². The van der Waals surface area contributed by atoms with Crippen LogP contribution in [0, 0.1) is 32.4 Å². The van der Waals surface area contributed by atoms with Crippen LogP contribution >= 0.6 is 0 Å². The quantitative estimate of drug-likeness (QED) is 0.525. The monoisotopic (exact) mass is 347 g/mol. The third kappa shape index (κ3) is 5.91. The molecule has 0 unspecified atom stereocenters. The molecule has 138 valence electrons. The Bertz CT molecular complexity index is 712. The Morgan fingerprint density at radius 3 is 1.56 bits per heavy atom. The van der Waals surface area contributed by atoms with Gasteiger partial charge >= 0.3 is 0 Å². The summed E-state index contributed by atoms with van der Waals surface area (Å²) in [5, 5.41) is 0. The fourth-order valence-electron chi connectivity index (χ4n) is 2.11. The minimum atomic E-state index is -0.468. The van der Waals surface area contributed by atoms with Crippen LogP contribution in [-0.2, 0) is 10.8 Å². The number of hydrogen-bond acceptors (Lipinski definition) is 1. The number of aryl methyl sites for hydroxylation is 2. The molecule has 0 aliphatic rings. The first-order valence-corrected chi connectivity index (χ1v) is 8.63. The molecule has 0 fully saturated rings. The van der Waals surface area contributed by atoms with Crippen molar-refractivity contribution in [2.45, 2.75) is 73.1 Å². The van der Waals surface area contributed by atoms with Crippen molar-refractivity contribution < 1.29 is 8.78 Å². The minimum Gasteiger partial charge on any atom is -0.260 e. The number of nitrogens with zero attached hydrogens (tertiary/aromatic N) is 1. The zero-order chi connectivity index (χ0) is 19.6. The molecule has 0 aliphatic heterocycles. The van der Waals surface area contributed by atoms with E-state index in [2.05, 4.69) is 45.7 Å². The van der Waals surface area contributed by atoms with E-state index in [4.69, 9.17) is 0 Å². The van der Waals surface area contributed by atoms with Crippen molar-refractivity contribution in [2.24, 2.45) is 0 Å². The van der Waals surface area contributed by atoms with Gasteiger partial charge in [-0.15, -0.1) is 0 Å². The molecule has 0 aliphatic carbocycles. The van der Waals surface area contributed by atoms with Crippen molar-refractivity contribution in [2.75, 3.05) is 0 Å². The summed E-state index contributed by atoms with van der Waals surface area (Å²) < 4.78 is 26.3. The summed E-state index contributed by atoms with van der Waals surface area (Å²) in [4.78, 5) is 4.41. The Balaban J connectivity index is 0.000000251. The van der Waals surface area contributed by atoms with E-state index < -0.39 is 11.6 Å². The first-order chi connectivity index (χ1) is 11.2. The van der Waals surface area contributed by atoms with E-state index in [1.54, 1.807) is 0 Å². The zero-order valence-electron chi connectivity index (χ0n) is 17.0. The van der Waals surface area contributed by atoms with Gasteiger partial charge < -0.3 is 0 Å². The van der Waals surface area contributed by atoms with E-state index in [-0.39, 0.29) is 16.4 Å². The lowest BCUT2D eigenvalue weighted by Gasteiger charge is -2.19. The normalized spacial score (nSPS) is 11.8. The Kier molecular flexibility index (Phi) is 6.50. The summed E-state index contributed by atoms with van der Waals surface area (Å²) in [6.07, 6.45) is 1.95. The molecule has 1 aromatic carbocycles. The maximum absolute atomic E-state index is 13.1. The molecule has 0 amide bonds. The van der Waals surface area contributed by atoms with Gasteiger partial charge in [-0.2, -0.15) is 0 Å². The molecule has 1 aromatic heterocycles. The molecule has 0 saturated carbocycles. The van der Waals surface area contributed by atoms with E-state index in [0.717, 1.165) is 0 Å². The maximum Gasteiger partial charge on any atom is 0.129 e.